The number of unbranched alkanes of at least 4 members (excludes halogenated alkanes) is 5. The molecule has 1 atom stereocenters. The van der Waals surface area contributed by atoms with Crippen LogP contribution >= 0.6 is 0 Å². The van der Waals surface area contributed by atoms with E-state index in [4.69, 9.17) is 5.73 Å². The monoisotopic (exact) mass is 267 g/mol. The van der Waals surface area contributed by atoms with E-state index in [1.807, 2.05) is 0 Å². The van der Waals surface area contributed by atoms with E-state index < -0.39 is 0 Å². The Kier molecular flexibility index (Phi) is 8.06. The van der Waals surface area contributed by atoms with Crippen LogP contribution in [0.4, 0.5) is 0 Å². The lowest BCUT2D eigenvalue weighted by Crippen LogP contribution is -2.44. The molecule has 0 aromatic carbocycles. The standard InChI is InChI=1S/C18H37N/c1-4-6-7-8-9-10-11-17-13-18(14-17,15-19)12-16(3)5-2/h16-17H,4-15,19H2,1-3H3/t16-,17?,18?/m0/s1. The van der Waals surface area contributed by atoms with Gasteiger partial charge in [-0.1, -0.05) is 72.1 Å². The summed E-state index contributed by atoms with van der Waals surface area (Å²) in [7, 11) is 0. The lowest BCUT2D eigenvalue weighted by Gasteiger charge is -2.49. The first-order valence-corrected chi connectivity index (χ1v) is 8.86. The molecule has 1 fully saturated rings. The molecule has 0 heterocycles. The molecule has 0 unspecified atom stereocenters. The van der Waals surface area contributed by atoms with Gasteiger partial charge in [-0.25, -0.2) is 0 Å². The van der Waals surface area contributed by atoms with E-state index in [1.54, 1.807) is 0 Å². The molecule has 1 aliphatic rings. The van der Waals surface area contributed by atoms with Crippen molar-refractivity contribution in [2.45, 2.75) is 91.4 Å². The third-order valence-electron chi connectivity index (χ3n) is 5.32. The van der Waals surface area contributed by atoms with Crippen molar-refractivity contribution in [3.8, 4) is 0 Å². The largest absolute Gasteiger partial charge is 0.330 e. The van der Waals surface area contributed by atoms with Crippen LogP contribution in [0, 0.1) is 17.3 Å². The van der Waals surface area contributed by atoms with Crippen LogP contribution in [0.1, 0.15) is 91.4 Å². The van der Waals surface area contributed by atoms with Crippen LogP contribution in [-0.2, 0) is 0 Å². The smallest absolute Gasteiger partial charge is 0.00202 e. The van der Waals surface area contributed by atoms with E-state index in [-0.39, 0.29) is 0 Å². The van der Waals surface area contributed by atoms with Gasteiger partial charge in [0.1, 0.15) is 0 Å². The summed E-state index contributed by atoms with van der Waals surface area (Å²) in [5.74, 6) is 1.86. The van der Waals surface area contributed by atoms with Gasteiger partial charge in [0.15, 0.2) is 0 Å². The maximum Gasteiger partial charge on any atom is -0.00202 e. The molecule has 0 bridgehead atoms. The second kappa shape index (κ2) is 9.00. The van der Waals surface area contributed by atoms with E-state index >= 15 is 0 Å². The molecule has 114 valence electrons. The van der Waals surface area contributed by atoms with Crippen molar-refractivity contribution in [1.29, 1.82) is 0 Å². The molecule has 0 radical (unpaired) electrons. The van der Waals surface area contributed by atoms with Crippen LogP contribution in [0.5, 0.6) is 0 Å². The van der Waals surface area contributed by atoms with Crippen molar-refractivity contribution in [2.24, 2.45) is 23.0 Å². The molecule has 19 heavy (non-hydrogen) atoms. The lowest BCUT2D eigenvalue weighted by atomic mass is 9.57. The fourth-order valence-electron chi connectivity index (χ4n) is 3.88. The Balaban J connectivity index is 2.07. The molecule has 2 N–H and O–H groups in total. The number of hydrogen-bond donors (Lipinski definition) is 1. The first-order chi connectivity index (χ1) is 9.15. The Labute approximate surface area is 121 Å². The molecule has 0 aromatic rings. The maximum atomic E-state index is 6.04. The SMILES string of the molecule is CCCCCCCCC1CC(CN)(C[C@@H](C)CC)C1. The highest BCUT2D eigenvalue weighted by Gasteiger charge is 2.42. The minimum absolute atomic E-state index is 0.530. The zero-order valence-electron chi connectivity index (χ0n) is 13.7. The minimum Gasteiger partial charge on any atom is -0.330 e. The molecule has 1 aliphatic carbocycles. The maximum absolute atomic E-state index is 6.04. The highest BCUT2D eigenvalue weighted by Crippen LogP contribution is 2.51. The van der Waals surface area contributed by atoms with Crippen molar-refractivity contribution in [1.82, 2.24) is 0 Å². The molecule has 1 saturated carbocycles. The Morgan fingerprint density at radius 1 is 1.05 bits per heavy atom. The van der Waals surface area contributed by atoms with Crippen LogP contribution < -0.4 is 5.73 Å². The molecule has 1 heteroatoms. The van der Waals surface area contributed by atoms with Gasteiger partial charge in [0.25, 0.3) is 0 Å². The van der Waals surface area contributed by atoms with Crippen molar-refractivity contribution in [3.05, 3.63) is 0 Å². The van der Waals surface area contributed by atoms with Crippen LogP contribution in [0.25, 0.3) is 0 Å². The summed E-state index contributed by atoms with van der Waals surface area (Å²) in [5, 5.41) is 0. The van der Waals surface area contributed by atoms with E-state index in [0.29, 0.717) is 5.41 Å². The van der Waals surface area contributed by atoms with Gasteiger partial charge in [-0.05, 0) is 43.1 Å². The van der Waals surface area contributed by atoms with Gasteiger partial charge in [0.2, 0.25) is 0 Å². The predicted octanol–water partition coefficient (Wildman–Crippen LogP) is 5.53. The summed E-state index contributed by atoms with van der Waals surface area (Å²) in [5.41, 5.74) is 6.57. The summed E-state index contributed by atoms with van der Waals surface area (Å²) in [4.78, 5) is 0. The van der Waals surface area contributed by atoms with Crippen molar-refractivity contribution in [3.63, 3.8) is 0 Å². The molecule has 1 nitrogen and oxygen atoms in total. The first kappa shape index (κ1) is 17.0. The summed E-state index contributed by atoms with van der Waals surface area (Å²) in [6, 6.07) is 0. The summed E-state index contributed by atoms with van der Waals surface area (Å²) in [6.45, 7) is 7.90. The number of hydrogen-bond acceptors (Lipinski definition) is 1. The van der Waals surface area contributed by atoms with Crippen LogP contribution in [0.15, 0.2) is 0 Å². The molecule has 0 aliphatic heterocycles. The Morgan fingerprint density at radius 3 is 2.26 bits per heavy atom. The predicted molar refractivity (Wildman–Crippen MR) is 86.3 cm³/mol. The van der Waals surface area contributed by atoms with E-state index in [0.717, 1.165) is 18.4 Å². The fourth-order valence-corrected chi connectivity index (χ4v) is 3.88. The summed E-state index contributed by atoms with van der Waals surface area (Å²) >= 11 is 0. The molecule has 1 rings (SSSR count). The van der Waals surface area contributed by atoms with Gasteiger partial charge < -0.3 is 5.73 Å². The molecule has 0 aromatic heterocycles. The van der Waals surface area contributed by atoms with Crippen molar-refractivity contribution >= 4 is 0 Å². The van der Waals surface area contributed by atoms with E-state index in [1.165, 1.54) is 70.6 Å². The quantitative estimate of drug-likeness (QED) is 0.489. The third-order valence-corrected chi connectivity index (χ3v) is 5.32. The Bertz CT molecular complexity index is 218. The average molecular weight is 268 g/mol. The fraction of sp³-hybridized carbons (Fsp3) is 1.00. The second-order valence-electron chi connectivity index (χ2n) is 7.25. The van der Waals surface area contributed by atoms with Gasteiger partial charge in [-0.2, -0.15) is 0 Å². The highest BCUT2D eigenvalue weighted by atomic mass is 14.6. The van der Waals surface area contributed by atoms with Crippen LogP contribution in [-0.4, -0.2) is 6.54 Å². The zero-order chi connectivity index (χ0) is 14.1. The third kappa shape index (κ3) is 5.85. The van der Waals surface area contributed by atoms with Crippen LogP contribution in [0.3, 0.4) is 0 Å². The van der Waals surface area contributed by atoms with Gasteiger partial charge in [0.05, 0.1) is 0 Å². The summed E-state index contributed by atoms with van der Waals surface area (Å²) < 4.78 is 0. The minimum atomic E-state index is 0.530. The Hall–Kier alpha value is -0.0400. The van der Waals surface area contributed by atoms with E-state index in [9.17, 15) is 0 Å². The normalized spacial score (nSPS) is 28.1. The Morgan fingerprint density at radius 2 is 1.68 bits per heavy atom. The second-order valence-corrected chi connectivity index (χ2v) is 7.25. The molecule has 0 saturated heterocycles. The highest BCUT2D eigenvalue weighted by molar-refractivity contribution is 4.95. The van der Waals surface area contributed by atoms with Gasteiger partial charge >= 0.3 is 0 Å². The van der Waals surface area contributed by atoms with Crippen LogP contribution in [0.2, 0.25) is 0 Å². The lowest BCUT2D eigenvalue weighted by molar-refractivity contribution is 0.0317. The molecular weight excluding hydrogens is 230 g/mol. The molecule has 0 amide bonds. The zero-order valence-corrected chi connectivity index (χ0v) is 13.7. The van der Waals surface area contributed by atoms with Crippen molar-refractivity contribution in [2.75, 3.05) is 6.54 Å². The molecular formula is C18H37N. The van der Waals surface area contributed by atoms with Crippen molar-refractivity contribution < 1.29 is 0 Å². The number of rotatable bonds is 11. The molecule has 0 spiro atoms. The summed E-state index contributed by atoms with van der Waals surface area (Å²) in [6.07, 6.45) is 15.6. The van der Waals surface area contributed by atoms with Gasteiger partial charge in [-0.3, -0.25) is 0 Å². The topological polar surface area (TPSA) is 26.0 Å². The first-order valence-electron chi connectivity index (χ1n) is 8.86. The van der Waals surface area contributed by atoms with E-state index in [2.05, 4.69) is 20.8 Å². The number of nitrogens with two attached hydrogens (primary N) is 1. The van der Waals surface area contributed by atoms with Gasteiger partial charge in [-0.15, -0.1) is 0 Å². The average Bonchev–Trinajstić information content (AvgIpc) is 2.38. The van der Waals surface area contributed by atoms with Gasteiger partial charge in [0, 0.05) is 0 Å².